The van der Waals surface area contributed by atoms with Crippen molar-refractivity contribution in [3.63, 3.8) is 0 Å². The average Bonchev–Trinajstić information content (AvgIpc) is 3.19. The van der Waals surface area contributed by atoms with Crippen LogP contribution in [0, 0.1) is 0 Å². The highest BCUT2D eigenvalue weighted by molar-refractivity contribution is 6.45. The lowest BCUT2D eigenvalue weighted by atomic mass is 9.98. The minimum Gasteiger partial charge on any atom is -0.360 e. The summed E-state index contributed by atoms with van der Waals surface area (Å²) >= 11 is 0. The summed E-state index contributed by atoms with van der Waals surface area (Å²) in [6, 6.07) is 27.3. The first-order chi connectivity index (χ1) is 14.2. The van der Waals surface area contributed by atoms with Gasteiger partial charge in [0.15, 0.2) is 0 Å². The maximum atomic E-state index is 12.8. The molecule has 0 aliphatic rings. The zero-order chi connectivity index (χ0) is 20.1. The molecule has 0 saturated heterocycles. The Kier molecular flexibility index (Phi) is 5.52. The highest BCUT2D eigenvalue weighted by atomic mass is 16.2. The van der Waals surface area contributed by atoms with Crippen LogP contribution in [0.5, 0.6) is 0 Å². The van der Waals surface area contributed by atoms with Gasteiger partial charge < -0.3 is 10.3 Å². The van der Waals surface area contributed by atoms with Gasteiger partial charge in [0.25, 0.3) is 11.7 Å². The van der Waals surface area contributed by atoms with Crippen molar-refractivity contribution in [2.24, 2.45) is 0 Å². The molecule has 0 aliphatic carbocycles. The zero-order valence-electron chi connectivity index (χ0n) is 16.0. The molecule has 144 valence electrons. The topological polar surface area (TPSA) is 62.0 Å². The van der Waals surface area contributed by atoms with Gasteiger partial charge in [-0.2, -0.15) is 0 Å². The first-order valence-electron chi connectivity index (χ1n) is 9.70. The normalized spacial score (nSPS) is 10.9. The molecule has 29 heavy (non-hydrogen) atoms. The first-order valence-corrected chi connectivity index (χ1v) is 9.70. The third-order valence-corrected chi connectivity index (χ3v) is 5.03. The Morgan fingerprint density at radius 2 is 1.31 bits per heavy atom. The molecule has 4 rings (SSSR count). The largest absolute Gasteiger partial charge is 0.360 e. The number of ketones is 1. The van der Waals surface area contributed by atoms with Gasteiger partial charge >= 0.3 is 0 Å². The fraction of sp³-hybridized carbons (Fsp3) is 0.120. The Balaban J connectivity index is 1.54. The van der Waals surface area contributed by atoms with Gasteiger partial charge in [0, 0.05) is 23.1 Å². The number of para-hydroxylation sites is 1. The summed E-state index contributed by atoms with van der Waals surface area (Å²) in [5.41, 5.74) is 3.48. The summed E-state index contributed by atoms with van der Waals surface area (Å²) < 4.78 is 0. The fourth-order valence-electron chi connectivity index (χ4n) is 3.60. The minimum atomic E-state index is -0.577. The van der Waals surface area contributed by atoms with Crippen molar-refractivity contribution in [3.05, 3.63) is 108 Å². The van der Waals surface area contributed by atoms with E-state index in [1.54, 1.807) is 6.20 Å². The third kappa shape index (κ3) is 4.43. The Hall–Kier alpha value is -3.66. The maximum absolute atomic E-state index is 12.8. The summed E-state index contributed by atoms with van der Waals surface area (Å²) in [5, 5.41) is 3.72. The molecule has 0 atom stereocenters. The zero-order valence-corrected chi connectivity index (χ0v) is 16.0. The number of aromatic amines is 1. The van der Waals surface area contributed by atoms with Crippen molar-refractivity contribution in [1.82, 2.24) is 10.3 Å². The Labute approximate surface area is 169 Å². The second-order valence-corrected chi connectivity index (χ2v) is 7.13. The Morgan fingerprint density at radius 3 is 1.93 bits per heavy atom. The van der Waals surface area contributed by atoms with Crippen LogP contribution in [-0.4, -0.2) is 22.7 Å². The number of aromatic nitrogens is 1. The van der Waals surface area contributed by atoms with Crippen LogP contribution in [0.1, 0.15) is 21.5 Å². The molecule has 0 fully saturated rings. The predicted molar refractivity (Wildman–Crippen MR) is 115 cm³/mol. The van der Waals surface area contributed by atoms with Crippen molar-refractivity contribution in [3.8, 4) is 0 Å². The van der Waals surface area contributed by atoms with Gasteiger partial charge in [-0.25, -0.2) is 0 Å². The van der Waals surface area contributed by atoms with Crippen LogP contribution in [0.3, 0.4) is 0 Å². The van der Waals surface area contributed by atoms with Crippen molar-refractivity contribution in [1.29, 1.82) is 0 Å². The summed E-state index contributed by atoms with van der Waals surface area (Å²) in [4.78, 5) is 28.7. The Bertz CT molecular complexity index is 1080. The number of carbonyl (C=O) groups excluding carboxylic acids is 2. The molecule has 2 N–H and O–H groups in total. The number of rotatable bonds is 7. The number of benzene rings is 3. The second-order valence-electron chi connectivity index (χ2n) is 7.13. The van der Waals surface area contributed by atoms with Crippen molar-refractivity contribution >= 4 is 22.6 Å². The number of hydrogen-bond donors (Lipinski definition) is 2. The van der Waals surface area contributed by atoms with E-state index in [2.05, 4.69) is 10.3 Å². The third-order valence-electron chi connectivity index (χ3n) is 5.03. The summed E-state index contributed by atoms with van der Waals surface area (Å²) in [6.45, 7) is 0. The molecule has 1 heterocycles. The van der Waals surface area contributed by atoms with Crippen LogP contribution in [0.4, 0.5) is 0 Å². The molecule has 0 unspecified atom stereocenters. The second kappa shape index (κ2) is 8.57. The lowest BCUT2D eigenvalue weighted by Gasteiger charge is -2.19. The molecule has 1 amide bonds. The number of nitrogens with one attached hydrogen (secondary N) is 2. The van der Waals surface area contributed by atoms with Gasteiger partial charge in [-0.15, -0.1) is 0 Å². The SMILES string of the molecule is O=C(NC(Cc1ccccc1)Cc1ccccc1)C(=O)c1c[nH]c2ccccc12. The van der Waals surface area contributed by atoms with Gasteiger partial charge in [0.05, 0.1) is 5.56 Å². The van der Waals surface area contributed by atoms with Crippen LogP contribution >= 0.6 is 0 Å². The van der Waals surface area contributed by atoms with E-state index >= 15 is 0 Å². The van der Waals surface area contributed by atoms with Gasteiger partial charge in [0.1, 0.15) is 0 Å². The molecule has 0 saturated carbocycles. The first kappa shape index (κ1) is 18.7. The standard InChI is InChI=1S/C25H22N2O2/c28-24(22-17-26-23-14-8-7-13-21(22)23)25(29)27-20(15-18-9-3-1-4-10-18)16-19-11-5-2-6-12-19/h1-14,17,20,26H,15-16H2,(H,27,29). The smallest absolute Gasteiger partial charge is 0.292 e. The van der Waals surface area contributed by atoms with E-state index in [0.29, 0.717) is 18.4 Å². The average molecular weight is 382 g/mol. The number of fused-ring (bicyclic) bond motifs is 1. The molecule has 4 nitrogen and oxygen atoms in total. The molecule has 0 radical (unpaired) electrons. The lowest BCUT2D eigenvalue weighted by Crippen LogP contribution is -2.41. The molecule has 0 spiro atoms. The highest BCUT2D eigenvalue weighted by Crippen LogP contribution is 2.18. The van der Waals surface area contributed by atoms with E-state index in [1.807, 2.05) is 84.9 Å². The number of amides is 1. The molecule has 3 aromatic carbocycles. The van der Waals surface area contributed by atoms with Crippen molar-refractivity contribution < 1.29 is 9.59 Å². The quantitative estimate of drug-likeness (QED) is 0.369. The van der Waals surface area contributed by atoms with E-state index < -0.39 is 11.7 Å². The summed E-state index contributed by atoms with van der Waals surface area (Å²) in [5.74, 6) is -1.10. The molecule has 0 aliphatic heterocycles. The molecule has 0 bridgehead atoms. The molecular weight excluding hydrogens is 360 g/mol. The number of hydrogen-bond acceptors (Lipinski definition) is 2. The van der Waals surface area contributed by atoms with Crippen LogP contribution in [-0.2, 0) is 17.6 Å². The van der Waals surface area contributed by atoms with E-state index in [-0.39, 0.29) is 6.04 Å². The number of H-pyrrole nitrogens is 1. The number of carbonyl (C=O) groups is 2. The highest BCUT2D eigenvalue weighted by Gasteiger charge is 2.23. The van der Waals surface area contributed by atoms with E-state index in [4.69, 9.17) is 0 Å². The van der Waals surface area contributed by atoms with Gasteiger partial charge in [0.2, 0.25) is 0 Å². The van der Waals surface area contributed by atoms with Crippen molar-refractivity contribution in [2.75, 3.05) is 0 Å². The molecular formula is C25H22N2O2. The minimum absolute atomic E-state index is 0.179. The molecule has 1 aromatic heterocycles. The van der Waals surface area contributed by atoms with E-state index in [1.165, 1.54) is 0 Å². The Morgan fingerprint density at radius 1 is 0.759 bits per heavy atom. The predicted octanol–water partition coefficient (Wildman–Crippen LogP) is 4.32. The summed E-state index contributed by atoms with van der Waals surface area (Å²) in [7, 11) is 0. The van der Waals surface area contributed by atoms with Crippen LogP contribution in [0.25, 0.3) is 10.9 Å². The van der Waals surface area contributed by atoms with Crippen LogP contribution in [0.2, 0.25) is 0 Å². The maximum Gasteiger partial charge on any atom is 0.292 e. The summed E-state index contributed by atoms with van der Waals surface area (Å²) in [6.07, 6.45) is 2.92. The van der Waals surface area contributed by atoms with Crippen LogP contribution in [0.15, 0.2) is 91.1 Å². The van der Waals surface area contributed by atoms with E-state index in [9.17, 15) is 9.59 Å². The van der Waals surface area contributed by atoms with Gasteiger partial charge in [-0.05, 0) is 30.0 Å². The fourth-order valence-corrected chi connectivity index (χ4v) is 3.60. The van der Waals surface area contributed by atoms with Crippen LogP contribution < -0.4 is 5.32 Å². The molecule has 4 heteroatoms. The van der Waals surface area contributed by atoms with Gasteiger partial charge in [-0.1, -0.05) is 78.9 Å². The van der Waals surface area contributed by atoms with Crippen molar-refractivity contribution in [2.45, 2.75) is 18.9 Å². The van der Waals surface area contributed by atoms with E-state index in [0.717, 1.165) is 22.0 Å². The van der Waals surface area contributed by atoms with Gasteiger partial charge in [-0.3, -0.25) is 9.59 Å². The number of Topliss-reactive ketones (excluding diaryl/α,β-unsaturated/α-hetero) is 1. The monoisotopic (exact) mass is 382 g/mol. The molecule has 4 aromatic rings. The lowest BCUT2D eigenvalue weighted by molar-refractivity contribution is -0.117.